The van der Waals surface area contributed by atoms with Gasteiger partial charge in [0.05, 0.1) is 17.4 Å². The maximum atomic E-state index is 12.9. The standard InChI is InChI=1S/C22H20N6O2S/c1-2-16-20(31-28-27-16)22(30)25-18(14-8-4-3-5-9-14)12-15-13-19(29)26-21(24-15)17-10-6-7-11-23-17/h3-11,13,18H,2,12H2,1H3,(H,25,30)(H,24,26,29)/t18-/m0/s1. The van der Waals surface area contributed by atoms with Crippen LogP contribution in [-0.4, -0.2) is 30.4 Å². The third-order valence-electron chi connectivity index (χ3n) is 4.72. The summed E-state index contributed by atoms with van der Waals surface area (Å²) in [5.41, 5.74) is 2.43. The average molecular weight is 433 g/mol. The number of carbonyl (C=O) groups excluding carboxylic acids is 1. The smallest absolute Gasteiger partial charge is 0.265 e. The highest BCUT2D eigenvalue weighted by atomic mass is 32.1. The molecule has 0 spiro atoms. The Morgan fingerprint density at radius 2 is 1.97 bits per heavy atom. The summed E-state index contributed by atoms with van der Waals surface area (Å²) in [7, 11) is 0. The van der Waals surface area contributed by atoms with Crippen molar-refractivity contribution in [2.24, 2.45) is 0 Å². The summed E-state index contributed by atoms with van der Waals surface area (Å²) in [4.78, 5) is 37.3. The van der Waals surface area contributed by atoms with Gasteiger partial charge in [-0.25, -0.2) is 4.98 Å². The molecule has 0 unspecified atom stereocenters. The highest BCUT2D eigenvalue weighted by Crippen LogP contribution is 2.20. The van der Waals surface area contributed by atoms with Crippen LogP contribution in [0.1, 0.15) is 39.6 Å². The third kappa shape index (κ3) is 4.89. The number of hydrogen-bond donors (Lipinski definition) is 2. The lowest BCUT2D eigenvalue weighted by Gasteiger charge is -2.19. The van der Waals surface area contributed by atoms with Crippen LogP contribution in [0, 0.1) is 0 Å². The Balaban J connectivity index is 1.65. The van der Waals surface area contributed by atoms with Crippen LogP contribution in [0.3, 0.4) is 0 Å². The second-order valence-electron chi connectivity index (χ2n) is 6.84. The lowest BCUT2D eigenvalue weighted by molar-refractivity contribution is 0.0939. The zero-order valence-corrected chi connectivity index (χ0v) is 17.6. The Morgan fingerprint density at radius 1 is 1.16 bits per heavy atom. The number of hydrogen-bond acceptors (Lipinski definition) is 7. The molecule has 0 saturated carbocycles. The number of H-pyrrole nitrogens is 1. The van der Waals surface area contributed by atoms with Gasteiger partial charge in [-0.3, -0.25) is 14.6 Å². The van der Waals surface area contributed by atoms with Gasteiger partial charge in [-0.2, -0.15) is 0 Å². The molecule has 1 amide bonds. The molecular weight excluding hydrogens is 412 g/mol. The third-order valence-corrected chi connectivity index (χ3v) is 5.49. The van der Waals surface area contributed by atoms with Crippen molar-refractivity contribution in [3.8, 4) is 11.5 Å². The molecule has 2 N–H and O–H groups in total. The summed E-state index contributed by atoms with van der Waals surface area (Å²) < 4.78 is 3.90. The summed E-state index contributed by atoms with van der Waals surface area (Å²) >= 11 is 1.08. The molecule has 1 atom stereocenters. The summed E-state index contributed by atoms with van der Waals surface area (Å²) in [5.74, 6) is 0.150. The molecule has 1 aromatic carbocycles. The summed E-state index contributed by atoms with van der Waals surface area (Å²) in [6, 6.07) is 16.1. The molecule has 3 heterocycles. The number of nitrogens with zero attached hydrogens (tertiary/aromatic N) is 4. The van der Waals surface area contributed by atoms with Gasteiger partial charge in [-0.1, -0.05) is 47.8 Å². The van der Waals surface area contributed by atoms with E-state index in [1.165, 1.54) is 6.07 Å². The molecule has 0 aliphatic heterocycles. The highest BCUT2D eigenvalue weighted by Gasteiger charge is 2.21. The van der Waals surface area contributed by atoms with Gasteiger partial charge in [0.15, 0.2) is 5.82 Å². The number of pyridine rings is 1. The van der Waals surface area contributed by atoms with Gasteiger partial charge < -0.3 is 10.3 Å². The van der Waals surface area contributed by atoms with E-state index in [9.17, 15) is 9.59 Å². The fourth-order valence-corrected chi connectivity index (χ4v) is 3.87. The van der Waals surface area contributed by atoms with Crippen molar-refractivity contribution in [2.45, 2.75) is 25.8 Å². The molecule has 0 radical (unpaired) electrons. The monoisotopic (exact) mass is 432 g/mol. The Labute approximate surface area is 182 Å². The predicted octanol–water partition coefficient (Wildman–Crippen LogP) is 2.96. The van der Waals surface area contributed by atoms with Crippen molar-refractivity contribution >= 4 is 17.4 Å². The van der Waals surface area contributed by atoms with Crippen molar-refractivity contribution in [1.29, 1.82) is 0 Å². The second kappa shape index (κ2) is 9.40. The zero-order chi connectivity index (χ0) is 21.6. The van der Waals surface area contributed by atoms with E-state index in [4.69, 9.17) is 0 Å². The summed E-state index contributed by atoms with van der Waals surface area (Å²) in [6.45, 7) is 1.93. The van der Waals surface area contributed by atoms with Crippen LogP contribution in [0.2, 0.25) is 0 Å². The fourth-order valence-electron chi connectivity index (χ4n) is 3.22. The van der Waals surface area contributed by atoms with E-state index in [0.717, 1.165) is 17.1 Å². The molecule has 0 aliphatic rings. The lowest BCUT2D eigenvalue weighted by atomic mass is 10.0. The molecule has 0 fully saturated rings. The van der Waals surface area contributed by atoms with Crippen LogP contribution in [0.15, 0.2) is 65.6 Å². The number of benzene rings is 1. The van der Waals surface area contributed by atoms with Crippen LogP contribution in [0.5, 0.6) is 0 Å². The Hall–Kier alpha value is -3.72. The SMILES string of the molecule is CCc1nnsc1C(=O)N[C@@H](Cc1cc(=O)[nH]c(-c2ccccn2)n1)c1ccccc1. The summed E-state index contributed by atoms with van der Waals surface area (Å²) in [6.07, 6.45) is 2.61. The number of amides is 1. The summed E-state index contributed by atoms with van der Waals surface area (Å²) in [5, 5.41) is 7.08. The molecule has 3 aromatic heterocycles. The van der Waals surface area contributed by atoms with Crippen molar-refractivity contribution in [3.63, 3.8) is 0 Å². The van der Waals surface area contributed by atoms with Crippen LogP contribution >= 0.6 is 11.5 Å². The van der Waals surface area contributed by atoms with E-state index in [1.54, 1.807) is 18.3 Å². The van der Waals surface area contributed by atoms with Gasteiger partial charge in [0.2, 0.25) is 0 Å². The Kier molecular flexibility index (Phi) is 6.23. The number of carbonyl (C=O) groups is 1. The van der Waals surface area contributed by atoms with Crippen LogP contribution < -0.4 is 10.9 Å². The van der Waals surface area contributed by atoms with E-state index in [0.29, 0.717) is 40.6 Å². The number of aromatic nitrogens is 5. The molecule has 9 heteroatoms. The number of rotatable bonds is 7. The number of nitrogens with one attached hydrogen (secondary N) is 2. The predicted molar refractivity (Wildman–Crippen MR) is 118 cm³/mol. The van der Waals surface area contributed by atoms with Crippen molar-refractivity contribution in [2.75, 3.05) is 0 Å². The zero-order valence-electron chi connectivity index (χ0n) is 16.8. The van der Waals surface area contributed by atoms with Gasteiger partial charge in [0.1, 0.15) is 10.6 Å². The fraction of sp³-hybridized carbons (Fsp3) is 0.182. The molecule has 4 rings (SSSR count). The van der Waals surface area contributed by atoms with E-state index < -0.39 is 0 Å². The van der Waals surface area contributed by atoms with Crippen LogP contribution in [0.25, 0.3) is 11.5 Å². The van der Waals surface area contributed by atoms with Crippen molar-refractivity contribution in [1.82, 2.24) is 29.9 Å². The maximum Gasteiger partial charge on any atom is 0.265 e. The second-order valence-corrected chi connectivity index (χ2v) is 7.60. The van der Waals surface area contributed by atoms with Crippen molar-refractivity contribution < 1.29 is 4.79 Å². The van der Waals surface area contributed by atoms with E-state index in [2.05, 4.69) is 29.9 Å². The van der Waals surface area contributed by atoms with Gasteiger partial charge in [0, 0.05) is 18.7 Å². The van der Waals surface area contributed by atoms with Gasteiger partial charge >= 0.3 is 0 Å². The van der Waals surface area contributed by atoms with Crippen molar-refractivity contribution in [3.05, 3.63) is 93.0 Å². The quantitative estimate of drug-likeness (QED) is 0.464. The molecule has 4 aromatic rings. The molecule has 0 bridgehead atoms. The largest absolute Gasteiger partial charge is 0.344 e. The molecular formula is C22H20N6O2S. The molecule has 31 heavy (non-hydrogen) atoms. The first-order valence-electron chi connectivity index (χ1n) is 9.82. The minimum atomic E-state index is -0.383. The maximum absolute atomic E-state index is 12.9. The molecule has 156 valence electrons. The van der Waals surface area contributed by atoms with E-state index in [1.807, 2.05) is 43.3 Å². The Morgan fingerprint density at radius 3 is 2.71 bits per heavy atom. The first kappa shape index (κ1) is 20.5. The molecule has 8 nitrogen and oxygen atoms in total. The van der Waals surface area contributed by atoms with E-state index in [-0.39, 0.29) is 17.5 Å². The highest BCUT2D eigenvalue weighted by molar-refractivity contribution is 7.08. The number of aryl methyl sites for hydroxylation is 1. The first-order chi connectivity index (χ1) is 15.1. The van der Waals surface area contributed by atoms with Gasteiger partial charge in [-0.15, -0.1) is 5.10 Å². The Bertz CT molecular complexity index is 1220. The van der Waals surface area contributed by atoms with Gasteiger partial charge in [-0.05, 0) is 35.6 Å². The minimum absolute atomic E-state index is 0.240. The van der Waals surface area contributed by atoms with Crippen LogP contribution in [0.4, 0.5) is 0 Å². The average Bonchev–Trinajstić information content (AvgIpc) is 3.29. The number of aromatic amines is 1. The van der Waals surface area contributed by atoms with E-state index >= 15 is 0 Å². The lowest BCUT2D eigenvalue weighted by Crippen LogP contribution is -2.30. The topological polar surface area (TPSA) is 114 Å². The van der Waals surface area contributed by atoms with Crippen LogP contribution in [-0.2, 0) is 12.8 Å². The molecule has 0 saturated heterocycles. The minimum Gasteiger partial charge on any atom is -0.344 e. The first-order valence-corrected chi connectivity index (χ1v) is 10.6. The van der Waals surface area contributed by atoms with Gasteiger partial charge in [0.25, 0.3) is 11.5 Å². The normalized spacial score (nSPS) is 11.8. The molecule has 0 aliphatic carbocycles.